The van der Waals surface area contributed by atoms with Gasteiger partial charge in [0.05, 0.1) is 16.6 Å². The molecule has 0 spiro atoms. The molecule has 0 amide bonds. The van der Waals surface area contributed by atoms with Gasteiger partial charge in [-0.05, 0) is 31.5 Å². The predicted octanol–water partition coefficient (Wildman–Crippen LogP) is 2.66. The molecule has 0 saturated heterocycles. The lowest BCUT2D eigenvalue weighted by molar-refractivity contribution is 0.707. The van der Waals surface area contributed by atoms with Gasteiger partial charge in [-0.2, -0.15) is 4.98 Å². The van der Waals surface area contributed by atoms with Gasteiger partial charge in [-0.1, -0.05) is 29.3 Å². The van der Waals surface area contributed by atoms with E-state index < -0.39 is 5.69 Å². The van der Waals surface area contributed by atoms with Crippen molar-refractivity contribution in [1.82, 2.24) is 23.1 Å². The van der Waals surface area contributed by atoms with Crippen LogP contribution in [0.15, 0.2) is 27.8 Å². The number of fused-ring (bicyclic) bond motifs is 3. The minimum Gasteiger partial charge on any atom is -0.309 e. The van der Waals surface area contributed by atoms with Crippen LogP contribution in [0, 0.1) is 13.8 Å². The Morgan fingerprint density at radius 1 is 1.00 bits per heavy atom. The standard InChI is InChI=1S/C18H17Cl2N5O2/c1-9-10(2)25-14-15(22(3)18(27)23(4)16(14)26)21-17(25)24(9)8-11-5-6-12(19)13(20)7-11/h5-7H,8H2,1-4H3. The van der Waals surface area contributed by atoms with Crippen LogP contribution in [0.3, 0.4) is 0 Å². The molecule has 0 saturated carbocycles. The Kier molecular flexibility index (Phi) is 3.98. The molecule has 0 atom stereocenters. The molecule has 140 valence electrons. The molecule has 0 fully saturated rings. The van der Waals surface area contributed by atoms with Gasteiger partial charge in [0.25, 0.3) is 5.56 Å². The third-order valence-electron chi connectivity index (χ3n) is 5.07. The third-order valence-corrected chi connectivity index (χ3v) is 5.81. The first-order chi connectivity index (χ1) is 12.7. The highest BCUT2D eigenvalue weighted by atomic mass is 35.5. The molecule has 3 heterocycles. The molecular weight excluding hydrogens is 389 g/mol. The van der Waals surface area contributed by atoms with Crippen LogP contribution in [-0.4, -0.2) is 23.1 Å². The van der Waals surface area contributed by atoms with E-state index in [0.717, 1.165) is 21.5 Å². The number of aryl methyl sites for hydroxylation is 2. The van der Waals surface area contributed by atoms with Crippen molar-refractivity contribution in [2.75, 3.05) is 0 Å². The lowest BCUT2D eigenvalue weighted by Crippen LogP contribution is -2.37. The summed E-state index contributed by atoms with van der Waals surface area (Å²) in [6.45, 7) is 4.41. The molecule has 0 unspecified atom stereocenters. The average Bonchev–Trinajstić information content (AvgIpc) is 3.13. The molecule has 3 aromatic heterocycles. The van der Waals surface area contributed by atoms with E-state index in [0.29, 0.717) is 33.5 Å². The summed E-state index contributed by atoms with van der Waals surface area (Å²) in [7, 11) is 3.08. The number of imidazole rings is 2. The summed E-state index contributed by atoms with van der Waals surface area (Å²) in [5, 5.41) is 0.979. The molecule has 0 bridgehead atoms. The van der Waals surface area contributed by atoms with E-state index in [4.69, 9.17) is 23.2 Å². The van der Waals surface area contributed by atoms with Crippen LogP contribution in [0.1, 0.15) is 17.0 Å². The van der Waals surface area contributed by atoms with E-state index in [9.17, 15) is 9.59 Å². The number of rotatable bonds is 2. The summed E-state index contributed by atoms with van der Waals surface area (Å²) >= 11 is 12.1. The molecule has 0 aliphatic rings. The average molecular weight is 406 g/mol. The largest absolute Gasteiger partial charge is 0.332 e. The second kappa shape index (κ2) is 6.00. The first kappa shape index (κ1) is 17.9. The summed E-state index contributed by atoms with van der Waals surface area (Å²) < 4.78 is 6.30. The highest BCUT2D eigenvalue weighted by molar-refractivity contribution is 6.42. The van der Waals surface area contributed by atoms with E-state index in [2.05, 4.69) is 4.98 Å². The number of nitrogens with zero attached hydrogens (tertiary/aromatic N) is 5. The summed E-state index contributed by atoms with van der Waals surface area (Å²) in [5.74, 6) is 0.601. The maximum atomic E-state index is 12.7. The van der Waals surface area contributed by atoms with Gasteiger partial charge in [0, 0.05) is 25.5 Å². The molecule has 4 aromatic rings. The van der Waals surface area contributed by atoms with Gasteiger partial charge in [-0.25, -0.2) is 4.79 Å². The second-order valence-electron chi connectivity index (χ2n) is 6.63. The fourth-order valence-electron chi connectivity index (χ4n) is 3.40. The number of hydrogen-bond acceptors (Lipinski definition) is 3. The first-order valence-electron chi connectivity index (χ1n) is 8.30. The fourth-order valence-corrected chi connectivity index (χ4v) is 3.72. The topological polar surface area (TPSA) is 66.2 Å². The zero-order valence-electron chi connectivity index (χ0n) is 15.2. The Morgan fingerprint density at radius 2 is 1.70 bits per heavy atom. The molecule has 7 nitrogen and oxygen atoms in total. The highest BCUT2D eigenvalue weighted by Crippen LogP contribution is 2.25. The van der Waals surface area contributed by atoms with E-state index in [1.54, 1.807) is 13.1 Å². The quantitative estimate of drug-likeness (QED) is 0.514. The van der Waals surface area contributed by atoms with Crippen molar-refractivity contribution in [3.63, 3.8) is 0 Å². The lowest BCUT2D eigenvalue weighted by atomic mass is 10.2. The van der Waals surface area contributed by atoms with Crippen LogP contribution in [0.5, 0.6) is 0 Å². The van der Waals surface area contributed by atoms with Gasteiger partial charge in [0.1, 0.15) is 0 Å². The molecule has 1 aromatic carbocycles. The number of hydrogen-bond donors (Lipinski definition) is 0. The van der Waals surface area contributed by atoms with Crippen molar-refractivity contribution in [2.24, 2.45) is 14.1 Å². The van der Waals surface area contributed by atoms with Crippen molar-refractivity contribution in [3.05, 3.63) is 66.0 Å². The maximum absolute atomic E-state index is 12.7. The molecule has 0 aliphatic heterocycles. The Morgan fingerprint density at radius 3 is 2.37 bits per heavy atom. The van der Waals surface area contributed by atoms with Gasteiger partial charge < -0.3 is 4.57 Å². The highest BCUT2D eigenvalue weighted by Gasteiger charge is 2.21. The van der Waals surface area contributed by atoms with Crippen molar-refractivity contribution in [1.29, 1.82) is 0 Å². The number of aromatic nitrogens is 5. The maximum Gasteiger partial charge on any atom is 0.332 e. The third kappa shape index (κ3) is 2.45. The molecule has 4 rings (SSSR count). The summed E-state index contributed by atoms with van der Waals surface area (Å²) in [4.78, 5) is 29.6. The summed E-state index contributed by atoms with van der Waals surface area (Å²) in [6, 6.07) is 5.47. The van der Waals surface area contributed by atoms with Crippen LogP contribution in [0.2, 0.25) is 10.0 Å². The van der Waals surface area contributed by atoms with Gasteiger partial charge >= 0.3 is 5.69 Å². The van der Waals surface area contributed by atoms with Gasteiger partial charge in [-0.3, -0.25) is 18.3 Å². The van der Waals surface area contributed by atoms with Crippen molar-refractivity contribution >= 4 is 40.1 Å². The first-order valence-corrected chi connectivity index (χ1v) is 9.05. The Bertz CT molecular complexity index is 1360. The monoisotopic (exact) mass is 405 g/mol. The van der Waals surface area contributed by atoms with Crippen LogP contribution in [0.25, 0.3) is 16.9 Å². The molecule has 0 N–H and O–H groups in total. The van der Waals surface area contributed by atoms with Crippen molar-refractivity contribution in [2.45, 2.75) is 20.4 Å². The predicted molar refractivity (Wildman–Crippen MR) is 106 cm³/mol. The van der Waals surface area contributed by atoms with Crippen molar-refractivity contribution < 1.29 is 0 Å². The van der Waals surface area contributed by atoms with Gasteiger partial charge in [0.15, 0.2) is 11.2 Å². The van der Waals surface area contributed by atoms with E-state index >= 15 is 0 Å². The summed E-state index contributed by atoms with van der Waals surface area (Å²) in [5.41, 5.74) is 2.81. The Balaban J connectivity index is 2.05. The minimum absolute atomic E-state index is 0.365. The van der Waals surface area contributed by atoms with Crippen LogP contribution in [-0.2, 0) is 20.6 Å². The van der Waals surface area contributed by atoms with Crippen molar-refractivity contribution in [3.8, 4) is 0 Å². The fraction of sp³-hybridized carbons (Fsp3) is 0.278. The SMILES string of the molecule is Cc1c(C)n2c3c(=O)n(C)c(=O)n(C)c3nc2n1Cc1ccc(Cl)c(Cl)c1. The normalized spacial score (nSPS) is 11.8. The minimum atomic E-state index is -0.404. The van der Waals surface area contributed by atoms with Gasteiger partial charge in [-0.15, -0.1) is 0 Å². The van der Waals surface area contributed by atoms with Gasteiger partial charge in [0.2, 0.25) is 5.78 Å². The lowest BCUT2D eigenvalue weighted by Gasteiger charge is -2.08. The van der Waals surface area contributed by atoms with E-state index in [1.165, 1.54) is 11.6 Å². The van der Waals surface area contributed by atoms with Crippen LogP contribution >= 0.6 is 23.2 Å². The zero-order valence-corrected chi connectivity index (χ0v) is 16.8. The van der Waals surface area contributed by atoms with E-state index in [-0.39, 0.29) is 5.56 Å². The number of benzene rings is 1. The Hall–Kier alpha value is -2.51. The molecule has 0 aliphatic carbocycles. The second-order valence-corrected chi connectivity index (χ2v) is 7.45. The zero-order chi connectivity index (χ0) is 19.6. The molecule has 0 radical (unpaired) electrons. The molecule has 9 heteroatoms. The smallest absolute Gasteiger partial charge is 0.309 e. The number of halogens is 2. The Labute approximate surface area is 164 Å². The van der Waals surface area contributed by atoms with E-state index in [1.807, 2.05) is 34.9 Å². The molecule has 27 heavy (non-hydrogen) atoms. The van der Waals surface area contributed by atoms with Crippen LogP contribution in [0.4, 0.5) is 0 Å². The molecular formula is C18H17Cl2N5O2. The summed E-state index contributed by atoms with van der Waals surface area (Å²) in [6.07, 6.45) is 0. The van der Waals surface area contributed by atoms with Crippen LogP contribution < -0.4 is 11.2 Å².